The number of amides is 3. The Morgan fingerprint density at radius 2 is 1.75 bits per heavy atom. The van der Waals surface area contributed by atoms with Crippen molar-refractivity contribution in [3.63, 3.8) is 0 Å². The summed E-state index contributed by atoms with van der Waals surface area (Å²) >= 11 is 0. The maximum Gasteiger partial charge on any atom is 0.322 e. The first-order valence-corrected chi connectivity index (χ1v) is 6.26. The Hall–Kier alpha value is -1.83. The fourth-order valence-corrected chi connectivity index (χ4v) is 1.25. The maximum absolute atomic E-state index is 11.5. The van der Waals surface area contributed by atoms with Crippen LogP contribution in [-0.2, 0) is 14.3 Å². The van der Waals surface area contributed by atoms with Crippen LogP contribution in [0.25, 0.3) is 0 Å². The quantitative estimate of drug-likeness (QED) is 0.458. The average molecular weight is 289 g/mol. The van der Waals surface area contributed by atoms with E-state index in [2.05, 4.69) is 16.0 Å². The van der Waals surface area contributed by atoms with Gasteiger partial charge in [0.1, 0.15) is 6.54 Å². The molecule has 0 radical (unpaired) electrons. The molecule has 0 aliphatic rings. The van der Waals surface area contributed by atoms with E-state index in [1.807, 2.05) is 13.8 Å². The molecule has 0 aliphatic carbocycles. The van der Waals surface area contributed by atoms with Crippen LogP contribution >= 0.6 is 0 Å². The van der Waals surface area contributed by atoms with Gasteiger partial charge in [0.2, 0.25) is 5.91 Å². The molecule has 0 unspecified atom stereocenters. The number of carbonyl (C=O) groups excluding carboxylic acids is 2. The minimum absolute atomic E-state index is 0.112. The van der Waals surface area contributed by atoms with E-state index in [0.29, 0.717) is 13.2 Å². The second-order valence-electron chi connectivity index (χ2n) is 5.11. The van der Waals surface area contributed by atoms with Gasteiger partial charge < -0.3 is 25.8 Å². The molecule has 0 aromatic rings. The summed E-state index contributed by atoms with van der Waals surface area (Å²) in [6, 6.07) is -0.471. The van der Waals surface area contributed by atoms with E-state index in [1.165, 1.54) is 0 Å². The standard InChI is InChI=1S/C12H23N3O5/c1-12(2,4-5-20-3)8-15-11(19)14-6-9(16)13-7-10(17)18/h4-8H2,1-3H3,(H,13,16)(H,17,18)(H2,14,15,19). The predicted octanol–water partition coefficient (Wildman–Crippen LogP) is -0.451. The summed E-state index contributed by atoms with van der Waals surface area (Å²) in [4.78, 5) is 32.8. The molecule has 4 N–H and O–H groups in total. The normalized spacial score (nSPS) is 10.8. The van der Waals surface area contributed by atoms with Gasteiger partial charge in [0.05, 0.1) is 6.54 Å². The van der Waals surface area contributed by atoms with Crippen LogP contribution < -0.4 is 16.0 Å². The summed E-state index contributed by atoms with van der Waals surface area (Å²) < 4.78 is 4.98. The summed E-state index contributed by atoms with van der Waals surface area (Å²) in [5.74, 6) is -1.69. The number of aliphatic carboxylic acids is 1. The summed E-state index contributed by atoms with van der Waals surface area (Å²) in [6.45, 7) is 4.30. The molecule has 0 heterocycles. The number of nitrogens with one attached hydrogen (secondary N) is 3. The Kier molecular flexibility index (Phi) is 8.30. The number of carboxylic acid groups (broad SMARTS) is 1. The molecule has 0 spiro atoms. The van der Waals surface area contributed by atoms with Crippen molar-refractivity contribution in [3.05, 3.63) is 0 Å². The number of hydrogen-bond donors (Lipinski definition) is 4. The first-order valence-electron chi connectivity index (χ1n) is 6.26. The van der Waals surface area contributed by atoms with Gasteiger partial charge in [-0.15, -0.1) is 0 Å². The number of urea groups is 1. The molecule has 8 nitrogen and oxygen atoms in total. The molecule has 0 saturated heterocycles. The van der Waals surface area contributed by atoms with E-state index in [0.717, 1.165) is 6.42 Å². The Bertz CT molecular complexity index is 344. The van der Waals surface area contributed by atoms with E-state index in [1.54, 1.807) is 7.11 Å². The Balaban J connectivity index is 3.83. The number of methoxy groups -OCH3 is 1. The molecule has 0 saturated carbocycles. The van der Waals surface area contributed by atoms with Gasteiger partial charge in [0, 0.05) is 20.3 Å². The molecule has 3 amide bonds. The molecule has 0 rings (SSSR count). The van der Waals surface area contributed by atoms with Crippen molar-refractivity contribution < 1.29 is 24.2 Å². The predicted molar refractivity (Wildman–Crippen MR) is 72.3 cm³/mol. The summed E-state index contributed by atoms with van der Waals surface area (Å²) in [5.41, 5.74) is -0.112. The third-order valence-corrected chi connectivity index (χ3v) is 2.56. The molecular formula is C12H23N3O5. The molecule has 20 heavy (non-hydrogen) atoms. The van der Waals surface area contributed by atoms with Crippen LogP contribution in [-0.4, -0.2) is 56.4 Å². The lowest BCUT2D eigenvalue weighted by molar-refractivity contribution is -0.137. The van der Waals surface area contributed by atoms with Gasteiger partial charge in [-0.25, -0.2) is 4.79 Å². The molecule has 0 aromatic heterocycles. The summed E-state index contributed by atoms with van der Waals surface area (Å²) in [5, 5.41) is 15.5. The monoisotopic (exact) mass is 289 g/mol. The second-order valence-corrected chi connectivity index (χ2v) is 5.11. The third-order valence-electron chi connectivity index (χ3n) is 2.56. The van der Waals surface area contributed by atoms with E-state index in [-0.39, 0.29) is 12.0 Å². The van der Waals surface area contributed by atoms with Crippen LogP contribution in [0.3, 0.4) is 0 Å². The first-order chi connectivity index (χ1) is 9.26. The van der Waals surface area contributed by atoms with Gasteiger partial charge in [-0.2, -0.15) is 0 Å². The van der Waals surface area contributed by atoms with Gasteiger partial charge in [-0.3, -0.25) is 9.59 Å². The Morgan fingerprint density at radius 1 is 1.10 bits per heavy atom. The van der Waals surface area contributed by atoms with Crippen molar-refractivity contribution in [3.8, 4) is 0 Å². The molecule has 0 aliphatic heterocycles. The van der Waals surface area contributed by atoms with E-state index in [9.17, 15) is 14.4 Å². The lowest BCUT2D eigenvalue weighted by Gasteiger charge is -2.24. The molecule has 116 valence electrons. The van der Waals surface area contributed by atoms with Crippen molar-refractivity contribution in [2.24, 2.45) is 5.41 Å². The fourth-order valence-electron chi connectivity index (χ4n) is 1.25. The van der Waals surface area contributed by atoms with Gasteiger partial charge in [-0.05, 0) is 11.8 Å². The van der Waals surface area contributed by atoms with E-state index >= 15 is 0 Å². The lowest BCUT2D eigenvalue weighted by atomic mass is 9.90. The largest absolute Gasteiger partial charge is 0.480 e. The van der Waals surface area contributed by atoms with Crippen LogP contribution in [0.2, 0.25) is 0 Å². The Labute approximate surface area is 118 Å². The second kappa shape index (κ2) is 9.13. The smallest absolute Gasteiger partial charge is 0.322 e. The molecule has 0 aromatic carbocycles. The van der Waals surface area contributed by atoms with Crippen molar-refractivity contribution in [1.29, 1.82) is 0 Å². The van der Waals surface area contributed by atoms with E-state index in [4.69, 9.17) is 9.84 Å². The van der Waals surface area contributed by atoms with Crippen molar-refractivity contribution in [1.82, 2.24) is 16.0 Å². The van der Waals surface area contributed by atoms with Gasteiger partial charge in [0.15, 0.2) is 0 Å². The number of ether oxygens (including phenoxy) is 1. The number of carboxylic acids is 1. The van der Waals surface area contributed by atoms with Gasteiger partial charge in [-0.1, -0.05) is 13.8 Å². The molecular weight excluding hydrogens is 266 g/mol. The molecule has 0 atom stereocenters. The topological polar surface area (TPSA) is 117 Å². The SMILES string of the molecule is COCCC(C)(C)CNC(=O)NCC(=O)NCC(=O)O. The van der Waals surface area contributed by atoms with Crippen molar-refractivity contribution in [2.45, 2.75) is 20.3 Å². The number of hydrogen-bond acceptors (Lipinski definition) is 4. The van der Waals surface area contributed by atoms with Crippen LogP contribution in [0.15, 0.2) is 0 Å². The summed E-state index contributed by atoms with van der Waals surface area (Å²) in [6.07, 6.45) is 0.795. The van der Waals surface area contributed by atoms with Gasteiger partial charge >= 0.3 is 12.0 Å². The van der Waals surface area contributed by atoms with Crippen molar-refractivity contribution in [2.75, 3.05) is 33.4 Å². The molecule has 8 heteroatoms. The zero-order chi connectivity index (χ0) is 15.6. The van der Waals surface area contributed by atoms with Crippen LogP contribution in [0.1, 0.15) is 20.3 Å². The molecule has 0 bridgehead atoms. The average Bonchev–Trinajstić information content (AvgIpc) is 2.38. The van der Waals surface area contributed by atoms with Crippen LogP contribution in [0.4, 0.5) is 4.79 Å². The first kappa shape index (κ1) is 18.2. The fraction of sp³-hybridized carbons (Fsp3) is 0.750. The zero-order valence-electron chi connectivity index (χ0n) is 12.1. The maximum atomic E-state index is 11.5. The lowest BCUT2D eigenvalue weighted by Crippen LogP contribution is -2.45. The third kappa shape index (κ3) is 10.1. The highest BCUT2D eigenvalue weighted by atomic mass is 16.5. The van der Waals surface area contributed by atoms with Crippen LogP contribution in [0.5, 0.6) is 0 Å². The highest BCUT2D eigenvalue weighted by molar-refractivity contribution is 5.86. The Morgan fingerprint density at radius 3 is 2.30 bits per heavy atom. The minimum Gasteiger partial charge on any atom is -0.480 e. The summed E-state index contributed by atoms with van der Waals surface area (Å²) in [7, 11) is 1.62. The van der Waals surface area contributed by atoms with E-state index < -0.39 is 24.5 Å². The number of rotatable bonds is 9. The minimum atomic E-state index is -1.14. The highest BCUT2D eigenvalue weighted by Crippen LogP contribution is 2.18. The van der Waals surface area contributed by atoms with Crippen LogP contribution in [0, 0.1) is 5.41 Å². The van der Waals surface area contributed by atoms with Gasteiger partial charge in [0.25, 0.3) is 0 Å². The van der Waals surface area contributed by atoms with Crippen molar-refractivity contribution >= 4 is 17.9 Å². The zero-order valence-corrected chi connectivity index (χ0v) is 12.1. The molecule has 0 fully saturated rings. The number of carbonyl (C=O) groups is 3. The highest BCUT2D eigenvalue weighted by Gasteiger charge is 2.18.